The van der Waals surface area contributed by atoms with E-state index in [0.717, 1.165) is 0 Å². The second kappa shape index (κ2) is 11.1. The standard InChI is InChI=1S/C32H36ClN3O5/c1-5-18-34(4)28(38)25-26-29(39)36(24(20-37)21-12-8-7-9-13-21)27(32(26)17-16-31(25,3)41-32)30(40)35(19-6-2)23-15-11-10-14-22(23)33/h5-15,24-27,37H,1-2,16-20H2,3-4H3/t24-,25-,26+,27?,31+,32?/m1/s1. The van der Waals surface area contributed by atoms with E-state index in [-0.39, 0.29) is 18.4 Å². The molecule has 0 aliphatic carbocycles. The van der Waals surface area contributed by atoms with Crippen molar-refractivity contribution < 1.29 is 24.2 Å². The molecule has 3 amide bonds. The van der Waals surface area contributed by atoms with Gasteiger partial charge in [0, 0.05) is 20.1 Å². The van der Waals surface area contributed by atoms with E-state index in [9.17, 15) is 19.5 Å². The molecule has 0 radical (unpaired) electrons. The number of carbonyl (C=O) groups is 3. The molecule has 3 aliphatic rings. The van der Waals surface area contributed by atoms with Gasteiger partial charge in [-0.05, 0) is 37.5 Å². The lowest BCUT2D eigenvalue weighted by atomic mass is 9.66. The van der Waals surface area contributed by atoms with E-state index in [1.165, 1.54) is 9.80 Å². The highest BCUT2D eigenvalue weighted by Gasteiger charge is 2.79. The van der Waals surface area contributed by atoms with Crippen LogP contribution in [-0.4, -0.2) is 76.6 Å². The number of aliphatic hydroxyl groups excluding tert-OH is 1. The number of likely N-dealkylation sites (tertiary alicyclic amines) is 1. The number of rotatable bonds is 10. The summed E-state index contributed by atoms with van der Waals surface area (Å²) in [5.41, 5.74) is -1.03. The van der Waals surface area contributed by atoms with E-state index in [2.05, 4.69) is 13.2 Å². The molecule has 2 bridgehead atoms. The second-order valence-corrected chi connectivity index (χ2v) is 11.7. The first-order chi connectivity index (χ1) is 19.6. The van der Waals surface area contributed by atoms with E-state index in [4.69, 9.17) is 16.3 Å². The summed E-state index contributed by atoms with van der Waals surface area (Å²) in [6.07, 6.45) is 4.16. The smallest absolute Gasteiger partial charge is 0.253 e. The minimum Gasteiger partial charge on any atom is -0.394 e. The van der Waals surface area contributed by atoms with Crippen LogP contribution in [-0.2, 0) is 19.1 Å². The Labute approximate surface area is 245 Å². The third-order valence-electron chi connectivity index (χ3n) is 8.91. The fourth-order valence-corrected chi connectivity index (χ4v) is 7.40. The maximum absolute atomic E-state index is 14.8. The molecule has 3 saturated heterocycles. The average Bonchev–Trinajstić information content (AvgIpc) is 3.53. The van der Waals surface area contributed by atoms with Gasteiger partial charge in [0.15, 0.2) is 0 Å². The number of fused-ring (bicyclic) bond motifs is 1. The van der Waals surface area contributed by atoms with Crippen molar-refractivity contribution in [3.63, 3.8) is 0 Å². The lowest BCUT2D eigenvalue weighted by molar-refractivity contribution is -0.151. The van der Waals surface area contributed by atoms with Gasteiger partial charge in [0.1, 0.15) is 11.6 Å². The van der Waals surface area contributed by atoms with Crippen molar-refractivity contribution in [1.29, 1.82) is 0 Å². The van der Waals surface area contributed by atoms with Crippen LogP contribution in [0.2, 0.25) is 5.02 Å². The van der Waals surface area contributed by atoms with Gasteiger partial charge in [-0.1, -0.05) is 66.2 Å². The molecule has 0 saturated carbocycles. The van der Waals surface area contributed by atoms with Crippen molar-refractivity contribution in [3.05, 3.63) is 90.5 Å². The van der Waals surface area contributed by atoms with Gasteiger partial charge < -0.3 is 24.5 Å². The summed E-state index contributed by atoms with van der Waals surface area (Å²) in [6, 6.07) is 14.2. The average molecular weight is 578 g/mol. The maximum Gasteiger partial charge on any atom is 0.253 e. The lowest BCUT2D eigenvalue weighted by Gasteiger charge is -2.39. The van der Waals surface area contributed by atoms with Gasteiger partial charge in [0.05, 0.1) is 40.8 Å². The van der Waals surface area contributed by atoms with Gasteiger partial charge in [-0.25, -0.2) is 0 Å². The van der Waals surface area contributed by atoms with Crippen LogP contribution in [0.15, 0.2) is 79.9 Å². The Kier molecular flexibility index (Phi) is 7.85. The highest BCUT2D eigenvalue weighted by Crippen LogP contribution is 2.64. The Morgan fingerprint density at radius 1 is 1.10 bits per heavy atom. The SMILES string of the molecule is C=CCN(C)C(=O)[C@H]1[C@H]2C(=O)N([C@H](CO)c3ccccc3)C(C(=O)N(CC=C)c3ccccc3Cl)C23CC[C@]1(C)O3. The van der Waals surface area contributed by atoms with Crippen molar-refractivity contribution >= 4 is 35.0 Å². The van der Waals surface area contributed by atoms with Crippen LogP contribution in [0, 0.1) is 11.8 Å². The Balaban J connectivity index is 1.68. The van der Waals surface area contributed by atoms with Gasteiger partial charge in [-0.3, -0.25) is 14.4 Å². The van der Waals surface area contributed by atoms with Crippen molar-refractivity contribution in [2.24, 2.45) is 11.8 Å². The number of hydrogen-bond acceptors (Lipinski definition) is 5. The van der Waals surface area contributed by atoms with Gasteiger partial charge in [-0.2, -0.15) is 0 Å². The zero-order chi connectivity index (χ0) is 29.5. The quantitative estimate of drug-likeness (QED) is 0.431. The van der Waals surface area contributed by atoms with Gasteiger partial charge in [0.2, 0.25) is 11.8 Å². The Morgan fingerprint density at radius 3 is 2.39 bits per heavy atom. The van der Waals surface area contributed by atoms with Crippen molar-refractivity contribution in [3.8, 4) is 0 Å². The molecule has 216 valence electrons. The van der Waals surface area contributed by atoms with Crippen molar-refractivity contribution in [1.82, 2.24) is 9.80 Å². The topological polar surface area (TPSA) is 90.4 Å². The molecule has 2 aromatic carbocycles. The van der Waals surface area contributed by atoms with E-state index in [1.807, 2.05) is 37.3 Å². The first-order valence-electron chi connectivity index (χ1n) is 13.9. The number of para-hydroxylation sites is 1. The summed E-state index contributed by atoms with van der Waals surface area (Å²) in [5, 5.41) is 11.1. The number of nitrogens with zero attached hydrogens (tertiary/aromatic N) is 3. The molecule has 8 nitrogen and oxygen atoms in total. The van der Waals surface area contributed by atoms with Crippen molar-refractivity contribution in [2.45, 2.75) is 43.1 Å². The van der Waals surface area contributed by atoms with E-state index in [0.29, 0.717) is 35.7 Å². The van der Waals surface area contributed by atoms with Gasteiger partial charge >= 0.3 is 0 Å². The highest BCUT2D eigenvalue weighted by molar-refractivity contribution is 6.34. The molecule has 9 heteroatoms. The zero-order valence-corrected chi connectivity index (χ0v) is 24.2. The number of carbonyl (C=O) groups excluding carboxylic acids is 3. The Morgan fingerprint density at radius 2 is 1.76 bits per heavy atom. The third-order valence-corrected chi connectivity index (χ3v) is 9.23. The fourth-order valence-electron chi connectivity index (χ4n) is 7.16. The van der Waals surface area contributed by atoms with Crippen LogP contribution in [0.1, 0.15) is 31.4 Å². The first kappa shape index (κ1) is 29.0. The number of anilines is 1. The molecule has 41 heavy (non-hydrogen) atoms. The molecule has 1 spiro atoms. The normalized spacial score (nSPS) is 28.7. The molecule has 2 unspecified atom stereocenters. The third kappa shape index (κ3) is 4.49. The summed E-state index contributed by atoms with van der Waals surface area (Å²) in [6.45, 7) is 9.49. The van der Waals surface area contributed by atoms with Crippen LogP contribution >= 0.6 is 11.6 Å². The van der Waals surface area contributed by atoms with Gasteiger partial charge in [0.25, 0.3) is 5.91 Å². The lowest BCUT2D eigenvalue weighted by Crippen LogP contribution is -2.57. The first-order valence-corrected chi connectivity index (χ1v) is 14.2. The van der Waals surface area contributed by atoms with E-state index < -0.39 is 47.6 Å². The number of likely N-dealkylation sites (N-methyl/N-ethyl adjacent to an activating group) is 1. The van der Waals surface area contributed by atoms with Crippen molar-refractivity contribution in [2.75, 3.05) is 31.6 Å². The number of benzene rings is 2. The predicted molar refractivity (Wildman–Crippen MR) is 157 cm³/mol. The number of ether oxygens (including phenoxy) is 1. The Bertz CT molecular complexity index is 1370. The molecular weight excluding hydrogens is 542 g/mol. The van der Waals surface area contributed by atoms with Crippen LogP contribution in [0.5, 0.6) is 0 Å². The highest BCUT2D eigenvalue weighted by atomic mass is 35.5. The second-order valence-electron chi connectivity index (χ2n) is 11.3. The molecule has 5 rings (SSSR count). The fraction of sp³-hybridized carbons (Fsp3) is 0.406. The largest absolute Gasteiger partial charge is 0.394 e. The van der Waals surface area contributed by atoms with Gasteiger partial charge in [-0.15, -0.1) is 13.2 Å². The van der Waals surface area contributed by atoms with Crippen LogP contribution < -0.4 is 4.90 Å². The minimum absolute atomic E-state index is 0.138. The summed E-state index contributed by atoms with van der Waals surface area (Å²) in [5.74, 6) is -2.70. The summed E-state index contributed by atoms with van der Waals surface area (Å²) in [4.78, 5) is 47.8. The zero-order valence-electron chi connectivity index (χ0n) is 23.4. The van der Waals surface area contributed by atoms with E-state index in [1.54, 1.807) is 48.4 Å². The number of hydrogen-bond donors (Lipinski definition) is 1. The molecular formula is C32H36ClN3O5. The monoisotopic (exact) mass is 577 g/mol. The van der Waals surface area contributed by atoms with Crippen LogP contribution in [0.3, 0.4) is 0 Å². The summed E-state index contributed by atoms with van der Waals surface area (Å²) >= 11 is 6.56. The van der Waals surface area contributed by atoms with Crippen LogP contribution in [0.4, 0.5) is 5.69 Å². The van der Waals surface area contributed by atoms with E-state index >= 15 is 0 Å². The molecule has 3 aliphatic heterocycles. The number of aliphatic hydroxyl groups is 1. The maximum atomic E-state index is 14.8. The predicted octanol–water partition coefficient (Wildman–Crippen LogP) is 4.00. The summed E-state index contributed by atoms with van der Waals surface area (Å²) in [7, 11) is 1.68. The molecule has 2 aromatic rings. The number of amides is 3. The molecule has 0 aromatic heterocycles. The number of halogens is 1. The Hall–Kier alpha value is -3.46. The molecule has 3 fully saturated rings. The minimum atomic E-state index is -1.26. The molecule has 1 N–H and O–H groups in total. The summed E-state index contributed by atoms with van der Waals surface area (Å²) < 4.78 is 6.77. The molecule has 3 heterocycles. The molecule has 6 atom stereocenters. The van der Waals surface area contributed by atoms with Crippen LogP contribution in [0.25, 0.3) is 0 Å².